The Bertz CT molecular complexity index is 1250. The van der Waals surface area contributed by atoms with Gasteiger partial charge in [-0.05, 0) is 69.2 Å². The molecule has 0 aromatic heterocycles. The van der Waals surface area contributed by atoms with E-state index in [2.05, 4.69) is 31.7 Å². The third-order valence-electron chi connectivity index (χ3n) is 9.59. The second-order valence-corrected chi connectivity index (χ2v) is 16.5. The van der Waals surface area contributed by atoms with Crippen molar-refractivity contribution in [3.8, 4) is 0 Å². The molecule has 0 unspecified atom stereocenters. The molecule has 5 aliphatic rings. The monoisotopic (exact) mass is 588 g/mol. The van der Waals surface area contributed by atoms with Gasteiger partial charge in [0.2, 0.25) is 5.91 Å². The van der Waals surface area contributed by atoms with Crippen molar-refractivity contribution in [1.82, 2.24) is 9.21 Å². The Kier molecular flexibility index (Phi) is 8.49. The number of aryl methyl sites for hydroxylation is 1. The first kappa shape index (κ1) is 29.7. The molecule has 0 saturated carbocycles. The highest BCUT2D eigenvalue weighted by atomic mass is 32.2. The van der Waals surface area contributed by atoms with Gasteiger partial charge in [0, 0.05) is 32.1 Å². The number of fused-ring (bicyclic) bond motifs is 6. The van der Waals surface area contributed by atoms with Crippen LogP contribution < -0.4 is 0 Å². The van der Waals surface area contributed by atoms with Crippen LogP contribution in [0.5, 0.6) is 0 Å². The van der Waals surface area contributed by atoms with Crippen molar-refractivity contribution in [2.24, 2.45) is 23.2 Å². The van der Waals surface area contributed by atoms with Crippen molar-refractivity contribution in [3.05, 3.63) is 52.8 Å². The zero-order valence-electron chi connectivity index (χ0n) is 24.5. The minimum atomic E-state index is -4.02. The lowest BCUT2D eigenvalue weighted by Crippen LogP contribution is -2.58. The van der Waals surface area contributed by atoms with Crippen LogP contribution >= 0.6 is 0 Å². The highest BCUT2D eigenvalue weighted by molar-refractivity contribution is 7.89. The summed E-state index contributed by atoms with van der Waals surface area (Å²) in [5.41, 5.74) is 1.13. The summed E-state index contributed by atoms with van der Waals surface area (Å²) in [5, 5.41) is 1.07. The van der Waals surface area contributed by atoms with Crippen molar-refractivity contribution in [2.45, 2.75) is 58.8 Å². The van der Waals surface area contributed by atoms with Gasteiger partial charge in [-0.25, -0.2) is 12.7 Å². The maximum Gasteiger partial charge on any atom is 0.533 e. The zero-order chi connectivity index (χ0) is 28.7. The minimum absolute atomic E-state index is 0.0302. The van der Waals surface area contributed by atoms with Crippen LogP contribution in [0.15, 0.2) is 52.1 Å². The van der Waals surface area contributed by atoms with E-state index >= 15 is 0 Å². The Morgan fingerprint density at radius 1 is 0.975 bits per heavy atom. The van der Waals surface area contributed by atoms with E-state index in [0.717, 1.165) is 36.0 Å². The van der Waals surface area contributed by atoms with Gasteiger partial charge in [0.15, 0.2) is 0 Å². The highest BCUT2D eigenvalue weighted by Gasteiger charge is 2.58. The molecule has 0 radical (unpaired) electrons. The van der Waals surface area contributed by atoms with E-state index in [1.807, 2.05) is 19.9 Å². The van der Waals surface area contributed by atoms with Gasteiger partial charge in [0.05, 0.1) is 30.1 Å². The third-order valence-corrected chi connectivity index (χ3v) is 14.5. The molecule has 6 rings (SSSR count). The van der Waals surface area contributed by atoms with E-state index in [1.165, 1.54) is 4.31 Å². The molecule has 4 heterocycles. The number of nitrogens with zero attached hydrogens (tertiary/aromatic N) is 2. The fraction of sp³-hybridized carbons (Fsp3) is 0.633. The predicted octanol–water partition coefficient (Wildman–Crippen LogP) is 4.33. The van der Waals surface area contributed by atoms with E-state index in [-0.39, 0.29) is 35.1 Å². The van der Waals surface area contributed by atoms with Gasteiger partial charge in [-0.3, -0.25) is 9.69 Å². The number of sulfonamides is 1. The summed E-state index contributed by atoms with van der Waals surface area (Å²) in [6, 6.07) is 6.79. The van der Waals surface area contributed by atoms with Crippen LogP contribution in [0.4, 0.5) is 0 Å². The van der Waals surface area contributed by atoms with Crippen LogP contribution in [0.25, 0.3) is 0 Å². The van der Waals surface area contributed by atoms with Crippen molar-refractivity contribution in [1.29, 1.82) is 0 Å². The topological polar surface area (TPSA) is 85.4 Å². The molecule has 1 amide bonds. The smallest absolute Gasteiger partial charge is 0.369 e. The maximum absolute atomic E-state index is 14.7. The Labute approximate surface area is 240 Å². The average Bonchev–Trinajstić information content (AvgIpc) is 2.97. The molecular formula is C30H44N2O6SSi. The molecule has 8 nitrogen and oxygen atoms in total. The molecule has 4 fully saturated rings. The van der Waals surface area contributed by atoms with E-state index in [9.17, 15) is 13.2 Å². The molecule has 40 heavy (non-hydrogen) atoms. The zero-order valence-corrected chi connectivity index (χ0v) is 26.3. The Morgan fingerprint density at radius 2 is 1.57 bits per heavy atom. The molecule has 4 aliphatic heterocycles. The van der Waals surface area contributed by atoms with Gasteiger partial charge in [0.25, 0.3) is 10.0 Å². The van der Waals surface area contributed by atoms with E-state index in [1.54, 1.807) is 24.3 Å². The van der Waals surface area contributed by atoms with Crippen LogP contribution in [-0.2, 0) is 28.1 Å². The van der Waals surface area contributed by atoms with Gasteiger partial charge in [-0.2, -0.15) is 0 Å². The summed E-state index contributed by atoms with van der Waals surface area (Å²) >= 11 is 0. The van der Waals surface area contributed by atoms with Crippen molar-refractivity contribution in [3.63, 3.8) is 0 Å². The van der Waals surface area contributed by atoms with E-state index in [4.69, 9.17) is 13.3 Å². The number of hydrogen-bond acceptors (Lipinski definition) is 7. The molecule has 4 saturated heterocycles. The normalized spacial score (nSPS) is 36.0. The van der Waals surface area contributed by atoms with Crippen LogP contribution in [0.3, 0.4) is 0 Å². The molecule has 4 atom stereocenters. The van der Waals surface area contributed by atoms with Crippen LogP contribution in [0.1, 0.15) is 52.5 Å². The largest absolute Gasteiger partial charge is 0.533 e. The second kappa shape index (κ2) is 11.5. The standard InChI is InChI=1S/C30H44N2O6SSi/c1-6-7-27-25(5)28(40-36-17-14-31(15-18-37-40)16-19-38-40)12-13-30(27)20-23(3)24(4)21-32(29(30)33)39(34,35)26-10-8-22(2)9-11-26/h6-11,23-24,27H,12-21H2,1-5H3/b7-6-/t23-,24-,27-,30+/m0/s1. The fourth-order valence-electron chi connectivity index (χ4n) is 7.02. The van der Waals surface area contributed by atoms with Crippen LogP contribution in [-0.4, -0.2) is 78.3 Å². The molecule has 0 N–H and O–H groups in total. The fourth-order valence-corrected chi connectivity index (χ4v) is 11.5. The van der Waals surface area contributed by atoms with Crippen molar-refractivity contribution in [2.75, 3.05) is 46.0 Å². The first-order valence-electron chi connectivity index (χ1n) is 14.6. The molecular weight excluding hydrogens is 544 g/mol. The first-order chi connectivity index (χ1) is 19.0. The second-order valence-electron chi connectivity index (χ2n) is 12.1. The predicted molar refractivity (Wildman–Crippen MR) is 156 cm³/mol. The highest BCUT2D eigenvalue weighted by Crippen LogP contribution is 2.54. The number of rotatable bonds is 4. The molecule has 1 aliphatic carbocycles. The summed E-state index contributed by atoms with van der Waals surface area (Å²) in [4.78, 5) is 17.2. The lowest BCUT2D eigenvalue weighted by Gasteiger charge is -2.47. The summed E-state index contributed by atoms with van der Waals surface area (Å²) in [6.45, 7) is 14.6. The minimum Gasteiger partial charge on any atom is -0.369 e. The summed E-state index contributed by atoms with van der Waals surface area (Å²) in [5.74, 6) is -0.374. The Morgan fingerprint density at radius 3 is 2.15 bits per heavy atom. The third kappa shape index (κ3) is 5.16. The van der Waals surface area contributed by atoms with Crippen LogP contribution in [0, 0.1) is 30.1 Å². The summed E-state index contributed by atoms with van der Waals surface area (Å²) in [7, 11) is -7.17. The number of benzene rings is 1. The molecule has 2 bridgehead atoms. The Hall–Kier alpha value is -1.82. The average molecular weight is 589 g/mol. The van der Waals surface area contributed by atoms with Crippen LogP contribution in [0.2, 0.25) is 0 Å². The molecule has 1 spiro atoms. The number of amides is 1. The van der Waals surface area contributed by atoms with Crippen molar-refractivity contribution < 1.29 is 26.5 Å². The Balaban J connectivity index is 1.60. The summed E-state index contributed by atoms with van der Waals surface area (Å²) < 4.78 is 48.6. The van der Waals surface area contributed by atoms with E-state index in [0.29, 0.717) is 39.1 Å². The van der Waals surface area contributed by atoms with Gasteiger partial charge in [-0.15, -0.1) is 0 Å². The quantitative estimate of drug-likeness (QED) is 0.382. The number of hydrogen-bond donors (Lipinski definition) is 0. The lowest BCUT2D eigenvalue weighted by molar-refractivity contribution is -0.139. The van der Waals surface area contributed by atoms with Gasteiger partial charge in [-0.1, -0.05) is 49.3 Å². The molecule has 10 heteroatoms. The first-order valence-corrected chi connectivity index (χ1v) is 17.8. The van der Waals surface area contributed by atoms with E-state index < -0.39 is 24.2 Å². The molecule has 220 valence electrons. The van der Waals surface area contributed by atoms with Crippen molar-refractivity contribution >= 4 is 24.7 Å². The lowest BCUT2D eigenvalue weighted by atomic mass is 9.61. The van der Waals surface area contributed by atoms with Gasteiger partial charge < -0.3 is 13.3 Å². The molecule has 1 aromatic rings. The number of allylic oxidation sites excluding steroid dienone is 4. The van der Waals surface area contributed by atoms with Gasteiger partial charge >= 0.3 is 8.80 Å². The van der Waals surface area contributed by atoms with Gasteiger partial charge in [0.1, 0.15) is 0 Å². The summed E-state index contributed by atoms with van der Waals surface area (Å²) in [6.07, 6.45) is 5.82. The number of carbonyl (C=O) groups is 1. The number of carbonyl (C=O) groups excluding carboxylic acids is 1. The molecule has 1 aromatic carbocycles. The SMILES string of the molecule is C/C=C\[C@H]1C(C)=C([Si]23OCCN(CCO2)CCO3)CC[C@@]12C[C@H](C)[C@@H](C)CN(S(=O)(=O)c1ccc(C)cc1)C2=O. The maximum atomic E-state index is 14.7.